The minimum atomic E-state index is -0.774. The number of rotatable bonds is 6. The largest absolute Gasteiger partial charge is 0.481 e. The predicted octanol–water partition coefficient (Wildman–Crippen LogP) is 6.35. The number of carbonyl (C=O) groups is 2. The van der Waals surface area contributed by atoms with E-state index in [1.807, 2.05) is 19.2 Å². The summed E-state index contributed by atoms with van der Waals surface area (Å²) in [6, 6.07) is 5.88. The van der Waals surface area contributed by atoms with Crippen molar-refractivity contribution in [1.82, 2.24) is 10.2 Å². The van der Waals surface area contributed by atoms with E-state index in [0.717, 1.165) is 34.6 Å². The fourth-order valence-electron chi connectivity index (χ4n) is 4.93. The van der Waals surface area contributed by atoms with Gasteiger partial charge >= 0.3 is 12.0 Å². The molecule has 3 atom stereocenters. The molecule has 0 spiro atoms. The first-order chi connectivity index (χ1) is 14.8. The summed E-state index contributed by atoms with van der Waals surface area (Å²) in [6.45, 7) is 12.9. The lowest BCUT2D eigenvalue weighted by molar-refractivity contribution is -0.141. The van der Waals surface area contributed by atoms with Gasteiger partial charge in [-0.25, -0.2) is 4.79 Å². The maximum atomic E-state index is 13.2. The minimum Gasteiger partial charge on any atom is -0.481 e. The quantitative estimate of drug-likeness (QED) is 0.519. The molecule has 2 N–H and O–H groups in total. The summed E-state index contributed by atoms with van der Waals surface area (Å²) < 4.78 is 0. The summed E-state index contributed by atoms with van der Waals surface area (Å²) in [5.41, 5.74) is 2.75. The first kappa shape index (κ1) is 24.6. The van der Waals surface area contributed by atoms with Crippen molar-refractivity contribution in [2.24, 2.45) is 17.3 Å². The zero-order valence-electron chi connectivity index (χ0n) is 20.2. The number of carbonyl (C=O) groups excluding carboxylic acids is 1. The fraction of sp³-hybridized carbons (Fsp3) is 0.615. The molecular formula is C26H37ClN2O3. The fourth-order valence-corrected chi connectivity index (χ4v) is 5.21. The van der Waals surface area contributed by atoms with E-state index in [9.17, 15) is 14.7 Å². The van der Waals surface area contributed by atoms with Crippen LogP contribution in [0.3, 0.4) is 0 Å². The summed E-state index contributed by atoms with van der Waals surface area (Å²) in [5, 5.41) is 13.3. The Bertz CT molecular complexity index is 918. The van der Waals surface area contributed by atoms with Crippen molar-refractivity contribution in [1.29, 1.82) is 0 Å². The molecule has 0 bridgehead atoms. The third kappa shape index (κ3) is 5.14. The van der Waals surface area contributed by atoms with Crippen molar-refractivity contribution in [3.8, 4) is 0 Å². The van der Waals surface area contributed by atoms with Gasteiger partial charge < -0.3 is 10.4 Å². The van der Waals surface area contributed by atoms with E-state index in [-0.39, 0.29) is 29.3 Å². The van der Waals surface area contributed by atoms with Gasteiger partial charge in [0.05, 0.1) is 11.5 Å². The molecule has 1 saturated carbocycles. The van der Waals surface area contributed by atoms with Crippen molar-refractivity contribution in [2.75, 3.05) is 0 Å². The smallest absolute Gasteiger partial charge is 0.322 e. The summed E-state index contributed by atoms with van der Waals surface area (Å²) in [7, 11) is 0. The second-order valence-electron chi connectivity index (χ2n) is 11.1. The maximum absolute atomic E-state index is 13.2. The van der Waals surface area contributed by atoms with Crippen molar-refractivity contribution in [2.45, 2.75) is 85.2 Å². The molecule has 1 aromatic rings. The molecule has 176 valence electrons. The molecule has 0 aromatic heterocycles. The summed E-state index contributed by atoms with van der Waals surface area (Å²) >= 11 is 6.68. The number of carboxylic acids is 1. The highest BCUT2D eigenvalue weighted by molar-refractivity contribution is 6.31. The van der Waals surface area contributed by atoms with Gasteiger partial charge in [-0.05, 0) is 73.1 Å². The van der Waals surface area contributed by atoms with Gasteiger partial charge in [-0.3, -0.25) is 9.69 Å². The normalized spacial score (nSPS) is 26.3. The molecule has 2 amide bonds. The van der Waals surface area contributed by atoms with Crippen LogP contribution in [0.1, 0.15) is 78.4 Å². The lowest BCUT2D eigenvalue weighted by Crippen LogP contribution is -2.56. The van der Waals surface area contributed by atoms with Crippen LogP contribution in [0.5, 0.6) is 0 Å². The monoisotopic (exact) mass is 460 g/mol. The Labute approximate surface area is 197 Å². The number of nitrogens with zero attached hydrogens (tertiary/aromatic N) is 1. The number of aliphatic carboxylic acids is 1. The second kappa shape index (κ2) is 9.09. The second-order valence-corrected chi connectivity index (χ2v) is 11.5. The molecule has 1 aliphatic heterocycles. The van der Waals surface area contributed by atoms with E-state index in [1.54, 1.807) is 4.90 Å². The van der Waals surface area contributed by atoms with Crippen molar-refractivity contribution in [3.05, 3.63) is 46.1 Å². The van der Waals surface area contributed by atoms with E-state index >= 15 is 0 Å². The first-order valence-corrected chi connectivity index (χ1v) is 12.0. The summed E-state index contributed by atoms with van der Waals surface area (Å²) in [6.07, 6.45) is 5.73. The highest BCUT2D eigenvalue weighted by atomic mass is 35.5. The third-order valence-electron chi connectivity index (χ3n) is 6.99. The number of aryl methyl sites for hydroxylation is 1. The van der Waals surface area contributed by atoms with Gasteiger partial charge in [0.1, 0.15) is 0 Å². The summed E-state index contributed by atoms with van der Waals surface area (Å²) in [5.74, 6) is -0.959. The number of carboxylic acid groups (broad SMARTS) is 1. The van der Waals surface area contributed by atoms with Crippen LogP contribution in [-0.2, 0) is 16.8 Å². The van der Waals surface area contributed by atoms with Gasteiger partial charge in [0, 0.05) is 17.3 Å². The Kier molecular flexibility index (Phi) is 6.99. The standard InChI is InChI=1S/C26H37ClN2O3/c1-16(2)21-15-29(20-10-8-18(13-20)23(30)31)24(32)28-26(21,6)19-9-7-17(22(27)14-19)11-12-25(3,4)5/h7,9,14-16,18,20H,8,10-13H2,1-6H3,(H,28,32)(H,30,31)/t18-,20-,26+/m1/s1. The Hall–Kier alpha value is -2.01. The summed E-state index contributed by atoms with van der Waals surface area (Å²) in [4.78, 5) is 26.3. The lowest BCUT2D eigenvalue weighted by atomic mass is 9.77. The van der Waals surface area contributed by atoms with E-state index in [0.29, 0.717) is 19.3 Å². The molecule has 2 aliphatic rings. The van der Waals surface area contributed by atoms with Crippen LogP contribution in [0.15, 0.2) is 30.0 Å². The van der Waals surface area contributed by atoms with Crippen molar-refractivity contribution < 1.29 is 14.7 Å². The molecule has 6 heteroatoms. The highest BCUT2D eigenvalue weighted by Crippen LogP contribution is 2.41. The average molecular weight is 461 g/mol. The van der Waals surface area contributed by atoms with E-state index in [4.69, 9.17) is 11.6 Å². The van der Waals surface area contributed by atoms with E-state index in [2.05, 4.69) is 52.1 Å². The van der Waals surface area contributed by atoms with Gasteiger partial charge in [0.15, 0.2) is 0 Å². The van der Waals surface area contributed by atoms with Crippen LogP contribution in [0.2, 0.25) is 5.02 Å². The molecule has 0 saturated heterocycles. The van der Waals surface area contributed by atoms with Crippen molar-refractivity contribution >= 4 is 23.6 Å². The number of hydrogen-bond donors (Lipinski definition) is 2. The van der Waals surface area contributed by atoms with Crippen LogP contribution >= 0.6 is 11.6 Å². The van der Waals surface area contributed by atoms with Crippen LogP contribution in [0.25, 0.3) is 0 Å². The Balaban J connectivity index is 1.90. The lowest BCUT2D eigenvalue weighted by Gasteiger charge is -2.44. The van der Waals surface area contributed by atoms with Gasteiger partial charge in [0.2, 0.25) is 0 Å². The number of nitrogens with one attached hydrogen (secondary N) is 1. The van der Waals surface area contributed by atoms with Gasteiger partial charge in [0.25, 0.3) is 0 Å². The van der Waals surface area contributed by atoms with Crippen molar-refractivity contribution in [3.63, 3.8) is 0 Å². The number of hydrogen-bond acceptors (Lipinski definition) is 2. The molecule has 3 rings (SSSR count). The van der Waals surface area contributed by atoms with Gasteiger partial charge in [-0.2, -0.15) is 0 Å². The number of benzene rings is 1. The molecule has 32 heavy (non-hydrogen) atoms. The van der Waals surface area contributed by atoms with Gasteiger partial charge in [-0.15, -0.1) is 0 Å². The SMILES string of the molecule is CC(C)C1=CN([C@@H]2CC[C@@H](C(=O)O)C2)C(=O)N[C@@]1(C)c1ccc(CCC(C)(C)C)c(Cl)c1. The molecule has 1 aromatic carbocycles. The molecule has 1 aliphatic carbocycles. The number of amides is 2. The molecule has 0 radical (unpaired) electrons. The molecule has 1 fully saturated rings. The topological polar surface area (TPSA) is 69.6 Å². The minimum absolute atomic E-state index is 0.0854. The van der Waals surface area contributed by atoms with E-state index < -0.39 is 11.5 Å². The average Bonchev–Trinajstić information content (AvgIpc) is 3.16. The maximum Gasteiger partial charge on any atom is 0.322 e. The van der Waals surface area contributed by atoms with Crippen LogP contribution in [0.4, 0.5) is 4.79 Å². The van der Waals surface area contributed by atoms with Crippen LogP contribution in [0, 0.1) is 17.3 Å². The number of urea groups is 1. The Morgan fingerprint density at radius 1 is 1.31 bits per heavy atom. The highest BCUT2D eigenvalue weighted by Gasteiger charge is 2.43. The Morgan fingerprint density at radius 3 is 2.53 bits per heavy atom. The molecule has 1 heterocycles. The molecule has 0 unspecified atom stereocenters. The van der Waals surface area contributed by atoms with Crippen LogP contribution in [-0.4, -0.2) is 28.0 Å². The third-order valence-corrected chi connectivity index (χ3v) is 7.34. The number of halogens is 1. The zero-order chi connectivity index (χ0) is 23.8. The van der Waals surface area contributed by atoms with Crippen LogP contribution < -0.4 is 5.32 Å². The predicted molar refractivity (Wildman–Crippen MR) is 129 cm³/mol. The van der Waals surface area contributed by atoms with Gasteiger partial charge in [-0.1, -0.05) is 58.4 Å². The zero-order valence-corrected chi connectivity index (χ0v) is 20.9. The Morgan fingerprint density at radius 2 is 2.00 bits per heavy atom. The first-order valence-electron chi connectivity index (χ1n) is 11.7. The molecule has 5 nitrogen and oxygen atoms in total. The van der Waals surface area contributed by atoms with E-state index in [1.165, 1.54) is 0 Å². The molecular weight excluding hydrogens is 424 g/mol.